The molecule has 1 fully saturated rings. The number of amides is 1. The van der Waals surface area contributed by atoms with Crippen LogP contribution in [0.5, 0.6) is 5.75 Å². The monoisotopic (exact) mass is 464 g/mol. The lowest BCUT2D eigenvalue weighted by Crippen LogP contribution is -2.53. The topological polar surface area (TPSA) is 68.6 Å². The van der Waals surface area contributed by atoms with Gasteiger partial charge in [-0.25, -0.2) is 9.37 Å². The number of fused-ring (bicyclic) bond motifs is 2. The van der Waals surface area contributed by atoms with Crippen molar-refractivity contribution in [1.29, 1.82) is 0 Å². The van der Waals surface area contributed by atoms with Gasteiger partial charge in [0.2, 0.25) is 0 Å². The van der Waals surface area contributed by atoms with Gasteiger partial charge in [0.25, 0.3) is 5.91 Å². The Balaban J connectivity index is 1.24. The van der Waals surface area contributed by atoms with Crippen LogP contribution in [0.25, 0.3) is 0 Å². The molecule has 2 aliphatic heterocycles. The number of piperidine rings is 1. The van der Waals surface area contributed by atoms with Crippen LogP contribution in [0.2, 0.25) is 0 Å². The Hall–Kier alpha value is -3.23. The number of aromatic nitrogens is 2. The molecular formula is C26H29FN4O3. The van der Waals surface area contributed by atoms with E-state index in [0.717, 1.165) is 55.2 Å². The Kier molecular flexibility index (Phi) is 6.34. The van der Waals surface area contributed by atoms with Crippen molar-refractivity contribution in [3.05, 3.63) is 83.7 Å². The van der Waals surface area contributed by atoms with Gasteiger partial charge in [-0.1, -0.05) is 24.3 Å². The summed E-state index contributed by atoms with van der Waals surface area (Å²) in [6.45, 7) is 3.23. The predicted octanol–water partition coefficient (Wildman–Crippen LogP) is 3.24. The van der Waals surface area contributed by atoms with Crippen LogP contribution in [0.1, 0.15) is 29.8 Å². The summed E-state index contributed by atoms with van der Waals surface area (Å²) < 4.78 is 27.1. The van der Waals surface area contributed by atoms with Crippen molar-refractivity contribution in [3.63, 3.8) is 0 Å². The molecule has 3 heterocycles. The zero-order valence-electron chi connectivity index (χ0n) is 19.2. The number of carbonyl (C=O) groups is 1. The number of carbonyl (C=O) groups excluding carboxylic acids is 1. The normalized spacial score (nSPS) is 19.5. The molecule has 178 valence electrons. The number of rotatable bonds is 6. The maximum Gasteiger partial charge on any atom is 0.251 e. The van der Waals surface area contributed by atoms with Crippen molar-refractivity contribution in [3.8, 4) is 5.75 Å². The molecule has 1 amide bonds. The molecular weight excluding hydrogens is 435 g/mol. The highest BCUT2D eigenvalue weighted by atomic mass is 19.1. The van der Waals surface area contributed by atoms with E-state index in [9.17, 15) is 9.18 Å². The third-order valence-electron chi connectivity index (χ3n) is 6.73. The van der Waals surface area contributed by atoms with Crippen molar-refractivity contribution < 1.29 is 18.7 Å². The van der Waals surface area contributed by atoms with Gasteiger partial charge in [-0.15, -0.1) is 0 Å². The van der Waals surface area contributed by atoms with E-state index in [2.05, 4.69) is 19.8 Å². The molecule has 1 atom stereocenters. The molecule has 0 saturated carbocycles. The van der Waals surface area contributed by atoms with Crippen molar-refractivity contribution in [2.75, 3.05) is 20.2 Å². The summed E-state index contributed by atoms with van der Waals surface area (Å²) in [6.07, 6.45) is 4.60. The van der Waals surface area contributed by atoms with E-state index < -0.39 is 11.7 Å². The maximum atomic E-state index is 13.2. The molecule has 5 rings (SSSR count). The highest BCUT2D eigenvalue weighted by molar-refractivity contribution is 5.81. The molecule has 7 nitrogen and oxygen atoms in total. The van der Waals surface area contributed by atoms with Gasteiger partial charge in [-0.3, -0.25) is 9.69 Å². The first-order valence-corrected chi connectivity index (χ1v) is 11.6. The van der Waals surface area contributed by atoms with Gasteiger partial charge in [-0.05, 0) is 48.2 Å². The Morgan fingerprint density at radius 1 is 1.21 bits per heavy atom. The number of nitrogens with zero attached hydrogens (tertiary/aromatic N) is 3. The van der Waals surface area contributed by atoms with Crippen molar-refractivity contribution in [1.82, 2.24) is 19.8 Å². The average molecular weight is 465 g/mol. The molecule has 0 radical (unpaired) electrons. The van der Waals surface area contributed by atoms with E-state index in [1.54, 1.807) is 13.3 Å². The van der Waals surface area contributed by atoms with E-state index >= 15 is 0 Å². The van der Waals surface area contributed by atoms with Crippen LogP contribution in [0.3, 0.4) is 0 Å². The number of benzene rings is 2. The Morgan fingerprint density at radius 2 is 2.00 bits per heavy atom. The van der Waals surface area contributed by atoms with Gasteiger partial charge in [0, 0.05) is 38.6 Å². The lowest BCUT2D eigenvalue weighted by Gasteiger charge is -2.45. The molecule has 3 aromatic rings. The summed E-state index contributed by atoms with van der Waals surface area (Å²) >= 11 is 0. The number of nitrogens with one attached hydrogen (secondary N) is 1. The first-order chi connectivity index (χ1) is 16.5. The summed E-state index contributed by atoms with van der Waals surface area (Å²) in [4.78, 5) is 20.0. The fourth-order valence-corrected chi connectivity index (χ4v) is 4.88. The summed E-state index contributed by atoms with van der Waals surface area (Å²) in [5.74, 6) is 1.30. The molecule has 2 aliphatic rings. The lowest BCUT2D eigenvalue weighted by molar-refractivity contribution is -0.174. The molecule has 1 saturated heterocycles. The van der Waals surface area contributed by atoms with E-state index in [1.165, 1.54) is 12.1 Å². The van der Waals surface area contributed by atoms with E-state index in [1.807, 2.05) is 42.6 Å². The first kappa shape index (κ1) is 22.6. The van der Waals surface area contributed by atoms with Crippen molar-refractivity contribution >= 4 is 5.91 Å². The minimum atomic E-state index is -0.587. The number of likely N-dealkylation sites (tertiary alicyclic amines) is 1. The molecule has 1 spiro atoms. The standard InChI is InChI=1S/C26H29FN4O3/c1-33-22-4-2-3-20(15-22)16-29-24(32)23-18-31-14-11-28-25(31)26(34-23)9-12-30(13-10-26)17-19-5-7-21(27)8-6-19/h2-8,11,14-15,23H,9-10,12-13,16-18H2,1H3,(H,29,32). The summed E-state index contributed by atoms with van der Waals surface area (Å²) in [7, 11) is 1.63. The van der Waals surface area contributed by atoms with Crippen LogP contribution >= 0.6 is 0 Å². The van der Waals surface area contributed by atoms with E-state index in [0.29, 0.717) is 13.1 Å². The number of imidazole rings is 1. The number of hydrogen-bond donors (Lipinski definition) is 1. The molecule has 1 N–H and O–H groups in total. The Morgan fingerprint density at radius 3 is 2.76 bits per heavy atom. The molecule has 2 aromatic carbocycles. The SMILES string of the molecule is COc1cccc(CNC(=O)C2Cn3ccnc3C3(CCN(Cc4ccc(F)cc4)CC3)O2)c1. The Labute approximate surface area is 198 Å². The van der Waals surface area contributed by atoms with Crippen LogP contribution in [0.4, 0.5) is 4.39 Å². The number of halogens is 1. The van der Waals surface area contributed by atoms with Gasteiger partial charge in [-0.2, -0.15) is 0 Å². The molecule has 0 aliphatic carbocycles. The first-order valence-electron chi connectivity index (χ1n) is 11.6. The largest absolute Gasteiger partial charge is 0.497 e. The fourth-order valence-electron chi connectivity index (χ4n) is 4.88. The lowest BCUT2D eigenvalue weighted by atomic mass is 9.88. The minimum absolute atomic E-state index is 0.129. The second-order valence-electron chi connectivity index (χ2n) is 8.98. The van der Waals surface area contributed by atoms with Gasteiger partial charge in [0.05, 0.1) is 13.7 Å². The minimum Gasteiger partial charge on any atom is -0.497 e. The van der Waals surface area contributed by atoms with Gasteiger partial charge in [0.1, 0.15) is 23.0 Å². The van der Waals surface area contributed by atoms with Crippen LogP contribution in [-0.2, 0) is 34.8 Å². The maximum absolute atomic E-state index is 13.2. The van der Waals surface area contributed by atoms with Gasteiger partial charge < -0.3 is 19.4 Å². The third kappa shape index (κ3) is 4.69. The van der Waals surface area contributed by atoms with Crippen LogP contribution in [-0.4, -0.2) is 46.7 Å². The second-order valence-corrected chi connectivity index (χ2v) is 8.98. The quantitative estimate of drug-likeness (QED) is 0.607. The Bertz CT molecular complexity index is 1140. The van der Waals surface area contributed by atoms with Gasteiger partial charge in [0.15, 0.2) is 6.10 Å². The number of ether oxygens (including phenoxy) is 2. The summed E-state index contributed by atoms with van der Waals surface area (Å²) in [5.41, 5.74) is 1.47. The smallest absolute Gasteiger partial charge is 0.251 e. The van der Waals surface area contributed by atoms with E-state index in [4.69, 9.17) is 9.47 Å². The summed E-state index contributed by atoms with van der Waals surface area (Å²) in [5, 5.41) is 3.02. The summed E-state index contributed by atoms with van der Waals surface area (Å²) in [6, 6.07) is 14.3. The van der Waals surface area contributed by atoms with Crippen molar-refractivity contribution in [2.24, 2.45) is 0 Å². The number of hydrogen-bond acceptors (Lipinski definition) is 5. The zero-order chi connectivity index (χ0) is 23.5. The second kappa shape index (κ2) is 9.56. The highest BCUT2D eigenvalue weighted by Crippen LogP contribution is 2.40. The van der Waals surface area contributed by atoms with E-state index in [-0.39, 0.29) is 11.7 Å². The van der Waals surface area contributed by atoms with Crippen molar-refractivity contribution in [2.45, 2.75) is 44.2 Å². The fraction of sp³-hybridized carbons (Fsp3) is 0.385. The van der Waals surface area contributed by atoms with Crippen LogP contribution in [0, 0.1) is 5.82 Å². The molecule has 8 heteroatoms. The van der Waals surface area contributed by atoms with Crippen LogP contribution < -0.4 is 10.1 Å². The van der Waals surface area contributed by atoms with Crippen LogP contribution in [0.15, 0.2) is 60.9 Å². The average Bonchev–Trinajstić information content (AvgIpc) is 3.35. The zero-order valence-corrected chi connectivity index (χ0v) is 19.2. The molecule has 34 heavy (non-hydrogen) atoms. The predicted molar refractivity (Wildman–Crippen MR) is 125 cm³/mol. The number of methoxy groups -OCH3 is 1. The molecule has 0 bridgehead atoms. The molecule has 1 unspecified atom stereocenters. The highest BCUT2D eigenvalue weighted by Gasteiger charge is 2.47. The molecule has 1 aromatic heterocycles. The third-order valence-corrected chi connectivity index (χ3v) is 6.73. The van der Waals surface area contributed by atoms with Gasteiger partial charge >= 0.3 is 0 Å².